The van der Waals surface area contributed by atoms with Crippen molar-refractivity contribution in [3.8, 4) is 0 Å². The number of aliphatic carboxylic acids is 2. The molecule has 2 saturated carbocycles. The molecule has 96 valence electrons. The van der Waals surface area contributed by atoms with Crippen LogP contribution in [0.15, 0.2) is 0 Å². The van der Waals surface area contributed by atoms with Gasteiger partial charge in [-0.1, -0.05) is 0 Å². The number of carbonyl (C=O) groups excluding carboxylic acids is 1. The minimum Gasteiger partial charge on any atom is -0.479 e. The van der Waals surface area contributed by atoms with Crippen LogP contribution in [0.5, 0.6) is 0 Å². The number of ether oxygens (including phenoxy) is 1. The summed E-state index contributed by atoms with van der Waals surface area (Å²) in [5.74, 6) is -2.66. The summed E-state index contributed by atoms with van der Waals surface area (Å²) in [7, 11) is 0. The summed E-state index contributed by atoms with van der Waals surface area (Å²) < 4.78 is 4.57. The largest absolute Gasteiger partial charge is 0.479 e. The second-order valence-corrected chi connectivity index (χ2v) is 4.23. The maximum atomic E-state index is 10.3. The number of carboxylic acid groups (broad SMARTS) is 2. The lowest BCUT2D eigenvalue weighted by Gasteiger charge is -2.08. The van der Waals surface area contributed by atoms with E-state index < -0.39 is 29.1 Å². The molecule has 0 bridgehead atoms. The van der Waals surface area contributed by atoms with Gasteiger partial charge in [-0.15, -0.1) is 0 Å². The first-order valence-corrected chi connectivity index (χ1v) is 5.11. The summed E-state index contributed by atoms with van der Waals surface area (Å²) >= 11 is 0. The van der Waals surface area contributed by atoms with Crippen LogP contribution in [0.25, 0.3) is 0 Å². The van der Waals surface area contributed by atoms with Gasteiger partial charge in [-0.05, 0) is 12.8 Å². The number of carbonyl (C=O) groups is 3. The Bertz CT molecular complexity index is 352. The van der Waals surface area contributed by atoms with E-state index in [0.717, 1.165) is 0 Å². The summed E-state index contributed by atoms with van der Waals surface area (Å²) in [4.78, 5) is 30.5. The molecule has 0 aliphatic heterocycles. The van der Waals surface area contributed by atoms with E-state index >= 15 is 0 Å². The second kappa shape index (κ2) is 4.33. The molecule has 0 atom stereocenters. The highest BCUT2D eigenvalue weighted by Gasteiger charge is 2.54. The number of esters is 1. The quantitative estimate of drug-likeness (QED) is 0.587. The molecule has 0 heterocycles. The van der Waals surface area contributed by atoms with Crippen molar-refractivity contribution >= 4 is 17.9 Å². The maximum Gasteiger partial charge on any atom is 0.348 e. The van der Waals surface area contributed by atoms with Crippen molar-refractivity contribution in [1.29, 1.82) is 0 Å². The summed E-state index contributed by atoms with van der Waals surface area (Å²) in [5, 5.41) is 25.1. The van der Waals surface area contributed by atoms with E-state index in [1.165, 1.54) is 6.92 Å². The standard InChI is InChI=1S/C6H8O4.C4H6O3/c1-4(7)10-6(2-3-6)5(8)9;5-3(6)4(7)1-2-4/h2-3H2,1H3,(H,8,9);7H,1-2H2,(H,5,6). The van der Waals surface area contributed by atoms with Gasteiger partial charge in [0, 0.05) is 19.8 Å². The zero-order valence-corrected chi connectivity index (χ0v) is 9.30. The fraction of sp³-hybridized carbons (Fsp3) is 0.700. The fourth-order valence-corrected chi connectivity index (χ4v) is 1.08. The SMILES string of the molecule is CC(=O)OC1(C(=O)O)CC1.O=C(O)C1(O)CC1. The second-order valence-electron chi connectivity index (χ2n) is 4.23. The van der Waals surface area contributed by atoms with Crippen molar-refractivity contribution in [3.63, 3.8) is 0 Å². The molecule has 2 rings (SSSR count). The first kappa shape index (κ1) is 13.4. The average molecular weight is 246 g/mol. The molecule has 2 aliphatic carbocycles. The van der Waals surface area contributed by atoms with Crippen molar-refractivity contribution in [2.45, 2.75) is 43.8 Å². The van der Waals surface area contributed by atoms with Gasteiger partial charge >= 0.3 is 17.9 Å². The van der Waals surface area contributed by atoms with Gasteiger partial charge < -0.3 is 20.1 Å². The first-order valence-electron chi connectivity index (χ1n) is 5.11. The van der Waals surface area contributed by atoms with E-state index in [2.05, 4.69) is 4.74 Å². The van der Waals surface area contributed by atoms with Crippen LogP contribution in [0.4, 0.5) is 0 Å². The summed E-state index contributed by atoms with van der Waals surface area (Å²) in [6.07, 6.45) is 1.73. The zero-order valence-electron chi connectivity index (χ0n) is 9.30. The molecular weight excluding hydrogens is 232 g/mol. The number of rotatable bonds is 3. The predicted octanol–water partition coefficient (Wildman–Crippen LogP) is -0.237. The predicted molar refractivity (Wildman–Crippen MR) is 53.2 cm³/mol. The molecule has 2 aliphatic rings. The van der Waals surface area contributed by atoms with E-state index in [4.69, 9.17) is 15.3 Å². The van der Waals surface area contributed by atoms with Gasteiger partial charge in [-0.3, -0.25) is 4.79 Å². The highest BCUT2D eigenvalue weighted by Crippen LogP contribution is 2.39. The van der Waals surface area contributed by atoms with Gasteiger partial charge in [-0.2, -0.15) is 0 Å². The topological polar surface area (TPSA) is 121 Å². The zero-order chi connectivity index (χ0) is 13.3. The third-order valence-corrected chi connectivity index (χ3v) is 2.55. The number of carboxylic acids is 2. The average Bonchev–Trinajstić information content (AvgIpc) is 3.04. The van der Waals surface area contributed by atoms with E-state index in [-0.39, 0.29) is 0 Å². The van der Waals surface area contributed by atoms with Crippen molar-refractivity contribution in [2.75, 3.05) is 0 Å². The summed E-state index contributed by atoms with van der Waals surface area (Å²) in [6, 6.07) is 0. The Balaban J connectivity index is 0.000000181. The lowest BCUT2D eigenvalue weighted by Crippen LogP contribution is -2.27. The van der Waals surface area contributed by atoms with Crippen LogP contribution in [0.2, 0.25) is 0 Å². The monoisotopic (exact) mass is 246 g/mol. The molecular formula is C10H14O7. The van der Waals surface area contributed by atoms with Crippen LogP contribution in [0.3, 0.4) is 0 Å². The highest BCUT2D eigenvalue weighted by atomic mass is 16.6. The van der Waals surface area contributed by atoms with E-state index in [0.29, 0.717) is 25.7 Å². The van der Waals surface area contributed by atoms with Crippen LogP contribution >= 0.6 is 0 Å². The minimum atomic E-state index is -1.33. The van der Waals surface area contributed by atoms with E-state index in [9.17, 15) is 14.4 Å². The molecule has 0 saturated heterocycles. The van der Waals surface area contributed by atoms with Gasteiger partial charge in [0.15, 0.2) is 5.60 Å². The molecule has 0 aromatic heterocycles. The molecule has 0 aromatic carbocycles. The van der Waals surface area contributed by atoms with Crippen LogP contribution in [0.1, 0.15) is 32.6 Å². The molecule has 0 radical (unpaired) electrons. The summed E-state index contributed by atoms with van der Waals surface area (Å²) in [5.41, 5.74) is -2.49. The normalized spacial score (nSPS) is 21.5. The minimum absolute atomic E-state index is 0.419. The van der Waals surface area contributed by atoms with Gasteiger partial charge in [0.25, 0.3) is 0 Å². The Morgan fingerprint density at radius 2 is 1.47 bits per heavy atom. The maximum absolute atomic E-state index is 10.3. The number of aliphatic hydroxyl groups is 1. The van der Waals surface area contributed by atoms with Gasteiger partial charge in [0.2, 0.25) is 5.60 Å². The molecule has 0 unspecified atom stereocenters. The third kappa shape index (κ3) is 3.42. The Kier molecular flexibility index (Phi) is 3.42. The molecule has 17 heavy (non-hydrogen) atoms. The molecule has 0 amide bonds. The smallest absolute Gasteiger partial charge is 0.348 e. The van der Waals surface area contributed by atoms with Gasteiger partial charge in [-0.25, -0.2) is 9.59 Å². The van der Waals surface area contributed by atoms with Gasteiger partial charge in [0.1, 0.15) is 0 Å². The van der Waals surface area contributed by atoms with E-state index in [1.54, 1.807) is 0 Å². The first-order chi connectivity index (χ1) is 7.72. The lowest BCUT2D eigenvalue weighted by molar-refractivity contribution is -0.165. The highest BCUT2D eigenvalue weighted by molar-refractivity contribution is 5.84. The van der Waals surface area contributed by atoms with Crippen LogP contribution < -0.4 is 0 Å². The molecule has 0 aromatic rings. The third-order valence-electron chi connectivity index (χ3n) is 2.55. The Labute approximate surface area is 97.0 Å². The summed E-state index contributed by atoms with van der Waals surface area (Å²) in [6.45, 7) is 1.21. The number of hydrogen-bond acceptors (Lipinski definition) is 5. The Morgan fingerprint density at radius 3 is 1.53 bits per heavy atom. The van der Waals surface area contributed by atoms with Crippen LogP contribution in [-0.2, 0) is 19.1 Å². The van der Waals surface area contributed by atoms with Crippen LogP contribution in [0, 0.1) is 0 Å². The Morgan fingerprint density at radius 1 is 1.00 bits per heavy atom. The van der Waals surface area contributed by atoms with E-state index in [1.807, 2.05) is 0 Å². The molecule has 7 nitrogen and oxygen atoms in total. The van der Waals surface area contributed by atoms with Crippen LogP contribution in [-0.4, -0.2) is 44.4 Å². The van der Waals surface area contributed by atoms with Crippen molar-refractivity contribution < 1.29 is 34.4 Å². The molecule has 3 N–H and O–H groups in total. The van der Waals surface area contributed by atoms with Crippen molar-refractivity contribution in [2.24, 2.45) is 0 Å². The van der Waals surface area contributed by atoms with Crippen molar-refractivity contribution in [3.05, 3.63) is 0 Å². The van der Waals surface area contributed by atoms with Gasteiger partial charge in [0.05, 0.1) is 0 Å². The van der Waals surface area contributed by atoms with Crippen molar-refractivity contribution in [1.82, 2.24) is 0 Å². The molecule has 7 heteroatoms. The molecule has 2 fully saturated rings. The number of hydrogen-bond donors (Lipinski definition) is 3. The lowest BCUT2D eigenvalue weighted by atomic mass is 10.3. The molecule has 0 spiro atoms. The Hall–Kier alpha value is -1.63. The fourth-order valence-electron chi connectivity index (χ4n) is 1.08.